The Morgan fingerprint density at radius 3 is 3.13 bits per heavy atom. The third-order valence-electron chi connectivity index (χ3n) is 2.69. The highest BCUT2D eigenvalue weighted by molar-refractivity contribution is 8.14. The van der Waals surface area contributed by atoms with Crippen LogP contribution in [0.1, 0.15) is 23.9 Å². The van der Waals surface area contributed by atoms with Crippen molar-refractivity contribution in [2.75, 3.05) is 12.3 Å². The Kier molecular flexibility index (Phi) is 2.32. The molecule has 1 aliphatic heterocycles. The molecular formula is C10H12N4S. The Hall–Kier alpha value is -1.10. The highest BCUT2D eigenvalue weighted by Crippen LogP contribution is 2.28. The Balaban J connectivity index is 1.79. The molecule has 1 N–H and O–H groups in total. The Bertz CT molecular complexity index is 404. The van der Waals surface area contributed by atoms with Crippen molar-refractivity contribution >= 4 is 16.9 Å². The van der Waals surface area contributed by atoms with Crippen molar-refractivity contribution in [3.05, 3.63) is 23.8 Å². The molecule has 5 heteroatoms. The zero-order chi connectivity index (χ0) is 10.1. The van der Waals surface area contributed by atoms with Gasteiger partial charge in [-0.1, -0.05) is 11.8 Å². The van der Waals surface area contributed by atoms with Gasteiger partial charge in [0.25, 0.3) is 0 Å². The first kappa shape index (κ1) is 9.15. The van der Waals surface area contributed by atoms with Crippen molar-refractivity contribution < 1.29 is 0 Å². The van der Waals surface area contributed by atoms with Crippen molar-refractivity contribution in [3.63, 3.8) is 0 Å². The number of aryl methyl sites for hydroxylation is 1. The van der Waals surface area contributed by atoms with E-state index in [4.69, 9.17) is 0 Å². The van der Waals surface area contributed by atoms with Crippen LogP contribution >= 0.6 is 11.8 Å². The van der Waals surface area contributed by atoms with Crippen LogP contribution in [0.3, 0.4) is 0 Å². The number of nitrogens with one attached hydrogen (secondary N) is 1. The number of aliphatic imine (C=N–C) groups is 1. The maximum Gasteiger partial charge on any atom is 0.157 e. The maximum absolute atomic E-state index is 4.39. The molecule has 0 amide bonds. The Morgan fingerprint density at radius 1 is 1.33 bits per heavy atom. The van der Waals surface area contributed by atoms with E-state index in [2.05, 4.69) is 20.3 Å². The van der Waals surface area contributed by atoms with E-state index in [1.165, 1.54) is 0 Å². The van der Waals surface area contributed by atoms with Crippen LogP contribution < -0.4 is 5.32 Å². The highest BCUT2D eigenvalue weighted by atomic mass is 32.2. The van der Waals surface area contributed by atoms with Crippen molar-refractivity contribution in [3.8, 4) is 0 Å². The van der Waals surface area contributed by atoms with Crippen LogP contribution in [0.15, 0.2) is 17.4 Å². The molecule has 0 saturated heterocycles. The predicted octanol–water partition coefficient (Wildman–Crippen LogP) is 1.16. The molecular weight excluding hydrogens is 208 g/mol. The first-order valence-electron chi connectivity index (χ1n) is 5.17. The molecule has 0 aromatic carbocycles. The lowest BCUT2D eigenvalue weighted by atomic mass is 10.2. The molecule has 0 bridgehead atoms. The van der Waals surface area contributed by atoms with Gasteiger partial charge in [-0.05, 0) is 12.8 Å². The molecule has 0 fully saturated rings. The molecule has 4 nitrogen and oxygen atoms in total. The van der Waals surface area contributed by atoms with E-state index >= 15 is 0 Å². The van der Waals surface area contributed by atoms with Crippen molar-refractivity contribution in [2.45, 2.75) is 18.9 Å². The van der Waals surface area contributed by atoms with Gasteiger partial charge in [-0.15, -0.1) is 0 Å². The summed E-state index contributed by atoms with van der Waals surface area (Å²) in [6.45, 7) is 0.938. The number of hydrogen-bond donors (Lipinski definition) is 1. The lowest BCUT2D eigenvalue weighted by Gasteiger charge is -2.12. The van der Waals surface area contributed by atoms with E-state index < -0.39 is 0 Å². The number of nitrogens with zero attached hydrogens (tertiary/aromatic N) is 3. The SMILES string of the molecule is c1cnc2c(n1)CCC2NC1=NCCS1. The minimum Gasteiger partial charge on any atom is -0.356 e. The van der Waals surface area contributed by atoms with Gasteiger partial charge in [0.1, 0.15) is 0 Å². The second kappa shape index (κ2) is 3.81. The molecule has 1 aromatic heterocycles. The third-order valence-corrected chi connectivity index (χ3v) is 3.60. The molecule has 0 saturated carbocycles. The van der Waals surface area contributed by atoms with E-state index in [1.807, 2.05) is 0 Å². The summed E-state index contributed by atoms with van der Waals surface area (Å²) >= 11 is 1.79. The fourth-order valence-corrected chi connectivity index (χ4v) is 2.78. The zero-order valence-electron chi connectivity index (χ0n) is 8.31. The summed E-state index contributed by atoms with van der Waals surface area (Å²) in [5.41, 5.74) is 2.24. The van der Waals surface area contributed by atoms with Gasteiger partial charge in [-0.3, -0.25) is 15.0 Å². The average Bonchev–Trinajstić information content (AvgIpc) is 2.89. The molecule has 2 aliphatic rings. The van der Waals surface area contributed by atoms with Crippen LogP contribution in [0.4, 0.5) is 0 Å². The monoisotopic (exact) mass is 220 g/mol. The standard InChI is InChI=1S/C10H12N4S/c1-2-8(14-10-13-5-6-15-10)9-7(1)11-3-4-12-9/h3-4,8H,1-2,5-6H2,(H,13,14). The highest BCUT2D eigenvalue weighted by Gasteiger charge is 2.26. The average molecular weight is 220 g/mol. The summed E-state index contributed by atoms with van der Waals surface area (Å²) in [5, 5.41) is 4.51. The lowest BCUT2D eigenvalue weighted by Crippen LogP contribution is -2.24. The molecule has 0 radical (unpaired) electrons. The summed E-state index contributed by atoms with van der Waals surface area (Å²) in [5.74, 6) is 1.10. The van der Waals surface area contributed by atoms with Crippen LogP contribution in [0.2, 0.25) is 0 Å². The number of thioether (sulfide) groups is 1. The van der Waals surface area contributed by atoms with Crippen molar-refractivity contribution in [1.29, 1.82) is 0 Å². The molecule has 1 aliphatic carbocycles. The fraction of sp³-hybridized carbons (Fsp3) is 0.500. The lowest BCUT2D eigenvalue weighted by molar-refractivity contribution is 0.631. The van der Waals surface area contributed by atoms with E-state index in [-0.39, 0.29) is 0 Å². The number of aromatic nitrogens is 2. The summed E-state index contributed by atoms with van der Waals surface area (Å²) in [6, 6.07) is 0.318. The van der Waals surface area contributed by atoms with Crippen molar-refractivity contribution in [2.24, 2.45) is 4.99 Å². The summed E-state index contributed by atoms with van der Waals surface area (Å²) < 4.78 is 0. The van der Waals surface area contributed by atoms with E-state index in [0.717, 1.165) is 41.7 Å². The van der Waals surface area contributed by atoms with Gasteiger partial charge in [0.2, 0.25) is 0 Å². The van der Waals surface area contributed by atoms with Crippen molar-refractivity contribution in [1.82, 2.24) is 15.3 Å². The second-order valence-electron chi connectivity index (χ2n) is 3.66. The van der Waals surface area contributed by atoms with Gasteiger partial charge in [0.15, 0.2) is 5.17 Å². The predicted molar refractivity (Wildman–Crippen MR) is 61.0 cm³/mol. The number of fused-ring (bicyclic) bond motifs is 1. The Morgan fingerprint density at radius 2 is 2.27 bits per heavy atom. The van der Waals surface area contributed by atoms with Gasteiger partial charge in [0, 0.05) is 18.1 Å². The fourth-order valence-electron chi connectivity index (χ4n) is 1.99. The minimum atomic E-state index is 0.318. The quantitative estimate of drug-likeness (QED) is 0.771. The van der Waals surface area contributed by atoms with Gasteiger partial charge >= 0.3 is 0 Å². The molecule has 3 rings (SSSR count). The largest absolute Gasteiger partial charge is 0.356 e. The van der Waals surface area contributed by atoms with E-state index in [1.54, 1.807) is 24.2 Å². The summed E-state index contributed by atoms with van der Waals surface area (Å²) in [4.78, 5) is 13.1. The maximum atomic E-state index is 4.39. The van der Waals surface area contributed by atoms with E-state index in [9.17, 15) is 0 Å². The van der Waals surface area contributed by atoms with Crippen LogP contribution in [-0.4, -0.2) is 27.4 Å². The first-order valence-corrected chi connectivity index (χ1v) is 6.15. The zero-order valence-corrected chi connectivity index (χ0v) is 9.13. The third kappa shape index (κ3) is 1.71. The Labute approximate surface area is 92.6 Å². The topological polar surface area (TPSA) is 50.2 Å². The number of amidine groups is 1. The van der Waals surface area contributed by atoms with Gasteiger partial charge in [-0.25, -0.2) is 0 Å². The minimum absolute atomic E-state index is 0.318. The van der Waals surface area contributed by atoms with Gasteiger partial charge < -0.3 is 5.32 Å². The van der Waals surface area contributed by atoms with Crippen LogP contribution in [0.5, 0.6) is 0 Å². The summed E-state index contributed by atoms with van der Waals surface area (Å²) in [6.07, 6.45) is 5.64. The van der Waals surface area contributed by atoms with Crippen LogP contribution in [0, 0.1) is 0 Å². The summed E-state index contributed by atoms with van der Waals surface area (Å²) in [7, 11) is 0. The van der Waals surface area contributed by atoms with Gasteiger partial charge in [0.05, 0.1) is 24.0 Å². The van der Waals surface area contributed by atoms with Crippen LogP contribution in [-0.2, 0) is 6.42 Å². The molecule has 1 atom stereocenters. The van der Waals surface area contributed by atoms with Crippen LogP contribution in [0.25, 0.3) is 0 Å². The van der Waals surface area contributed by atoms with E-state index in [0.29, 0.717) is 6.04 Å². The molecule has 0 spiro atoms. The molecule has 1 unspecified atom stereocenters. The number of hydrogen-bond acceptors (Lipinski definition) is 5. The first-order chi connectivity index (χ1) is 7.43. The smallest absolute Gasteiger partial charge is 0.157 e. The second-order valence-corrected chi connectivity index (χ2v) is 4.74. The van der Waals surface area contributed by atoms with Gasteiger partial charge in [-0.2, -0.15) is 0 Å². The molecule has 1 aromatic rings. The molecule has 78 valence electrons. The molecule has 15 heavy (non-hydrogen) atoms. The normalized spacial score (nSPS) is 23.7. The number of rotatable bonds is 1. The molecule has 2 heterocycles.